The van der Waals surface area contributed by atoms with Gasteiger partial charge in [-0.1, -0.05) is 18.2 Å². The Kier molecular flexibility index (Phi) is 6.51. The van der Waals surface area contributed by atoms with Crippen LogP contribution in [-0.4, -0.2) is 50.7 Å². The first-order chi connectivity index (χ1) is 17.0. The number of nitrogens with two attached hydrogens (primary N) is 2. The molecule has 0 radical (unpaired) electrons. The number of Topliss-reactive ketones (excluding diaryl/α,β-unsaturated/α-hetero) is 1. The fraction of sp³-hybridized carbons (Fsp3) is 0.320. The molecule has 36 heavy (non-hydrogen) atoms. The number of carbonyl (C=O) groups is 3. The molecule has 1 aromatic heterocycles. The standard InChI is InChI=1S/C25H31N7O4/c1-15(33)31(26)20-12-16(10-11-28-20)23-22(29-17-8-6-5-7-9-17)21-18(32(23)27)13-30(14-19(21)34)24(35)36-25(2,3)4/h5-12,20,28-29H,13-14,26-27H2,1-4H3. The van der Waals surface area contributed by atoms with Crippen molar-refractivity contribution < 1.29 is 19.1 Å². The first-order valence-electron chi connectivity index (χ1n) is 11.5. The molecule has 2 aromatic rings. The molecule has 6 N–H and O–H groups in total. The van der Waals surface area contributed by atoms with E-state index in [-0.39, 0.29) is 24.8 Å². The molecule has 0 saturated carbocycles. The lowest BCUT2D eigenvalue weighted by Crippen LogP contribution is -2.50. The molecule has 1 unspecified atom stereocenters. The van der Waals surface area contributed by atoms with Gasteiger partial charge in [0, 0.05) is 18.2 Å². The maximum absolute atomic E-state index is 13.4. The Morgan fingerprint density at radius 2 is 1.89 bits per heavy atom. The largest absolute Gasteiger partial charge is 0.444 e. The number of benzene rings is 1. The summed E-state index contributed by atoms with van der Waals surface area (Å²) in [5, 5.41) is 7.42. The molecule has 0 bridgehead atoms. The number of carbonyl (C=O) groups excluding carboxylic acids is 3. The molecule has 0 spiro atoms. The number of nitrogens with one attached hydrogen (secondary N) is 2. The van der Waals surface area contributed by atoms with E-state index in [1.807, 2.05) is 30.3 Å². The van der Waals surface area contributed by atoms with Crippen molar-refractivity contribution in [1.82, 2.24) is 19.9 Å². The SMILES string of the molecule is CC(=O)N(N)C1C=C(c2c(Nc3ccccc3)c3c(n2N)CN(C(=O)OC(C)(C)C)CC3=O)C=CN1. The third-order valence-electron chi connectivity index (χ3n) is 5.76. The number of rotatable bonds is 4. The lowest BCUT2D eigenvalue weighted by Gasteiger charge is -2.30. The molecule has 1 atom stereocenters. The first-order valence-corrected chi connectivity index (χ1v) is 11.5. The summed E-state index contributed by atoms with van der Waals surface area (Å²) in [6.07, 6.45) is 3.98. The fourth-order valence-electron chi connectivity index (χ4n) is 4.13. The Hall–Kier alpha value is -4.25. The minimum Gasteiger partial charge on any atom is -0.444 e. The van der Waals surface area contributed by atoms with Gasteiger partial charge in [0.25, 0.3) is 0 Å². The van der Waals surface area contributed by atoms with E-state index in [2.05, 4.69) is 10.6 Å². The number of allylic oxidation sites excluding steroid dienone is 2. The average Bonchev–Trinajstić information content (AvgIpc) is 3.09. The van der Waals surface area contributed by atoms with Crippen LogP contribution in [0.4, 0.5) is 16.2 Å². The average molecular weight is 494 g/mol. The van der Waals surface area contributed by atoms with Gasteiger partial charge in [-0.3, -0.25) is 24.2 Å². The van der Waals surface area contributed by atoms with Gasteiger partial charge in [0.2, 0.25) is 5.91 Å². The molecule has 0 aliphatic carbocycles. The topological polar surface area (TPSA) is 148 Å². The van der Waals surface area contributed by atoms with Crippen LogP contribution in [0, 0.1) is 0 Å². The Morgan fingerprint density at radius 3 is 2.53 bits per heavy atom. The predicted octanol–water partition coefficient (Wildman–Crippen LogP) is 2.43. The minimum atomic E-state index is -0.708. The normalized spacial score (nSPS) is 17.1. The van der Waals surface area contributed by atoms with Gasteiger partial charge in [0.15, 0.2) is 5.78 Å². The second-order valence-electron chi connectivity index (χ2n) is 9.66. The molecule has 4 rings (SSSR count). The Balaban J connectivity index is 1.81. The van der Waals surface area contributed by atoms with Gasteiger partial charge in [-0.15, -0.1) is 0 Å². The molecule has 3 heterocycles. The minimum absolute atomic E-state index is 0.0884. The number of dihydropyridines is 1. The van der Waals surface area contributed by atoms with Gasteiger partial charge in [-0.25, -0.2) is 10.6 Å². The van der Waals surface area contributed by atoms with Gasteiger partial charge in [-0.2, -0.15) is 0 Å². The van der Waals surface area contributed by atoms with E-state index in [9.17, 15) is 14.4 Å². The second kappa shape index (κ2) is 9.42. The van der Waals surface area contributed by atoms with Crippen LogP contribution in [0.15, 0.2) is 48.7 Å². The zero-order valence-corrected chi connectivity index (χ0v) is 20.7. The lowest BCUT2D eigenvalue weighted by molar-refractivity contribution is -0.130. The summed E-state index contributed by atoms with van der Waals surface area (Å²) >= 11 is 0. The maximum atomic E-state index is 13.4. The van der Waals surface area contributed by atoms with Crippen molar-refractivity contribution >= 4 is 34.7 Å². The van der Waals surface area contributed by atoms with Crippen LogP contribution < -0.4 is 22.3 Å². The summed E-state index contributed by atoms with van der Waals surface area (Å²) in [5.74, 6) is 11.9. The Morgan fingerprint density at radius 1 is 1.19 bits per heavy atom. The smallest absolute Gasteiger partial charge is 0.411 e. The van der Waals surface area contributed by atoms with Crippen molar-refractivity contribution in [2.24, 2.45) is 5.84 Å². The summed E-state index contributed by atoms with van der Waals surface area (Å²) in [6, 6.07) is 9.38. The number of nitrogens with zero attached hydrogens (tertiary/aromatic N) is 3. The number of para-hydroxylation sites is 1. The summed E-state index contributed by atoms with van der Waals surface area (Å²) < 4.78 is 6.88. The third-order valence-corrected chi connectivity index (χ3v) is 5.76. The first kappa shape index (κ1) is 24.9. The summed E-state index contributed by atoms with van der Waals surface area (Å²) in [7, 11) is 0. The predicted molar refractivity (Wildman–Crippen MR) is 136 cm³/mol. The number of hydrogen-bond donors (Lipinski definition) is 4. The molecular formula is C25H31N7O4. The maximum Gasteiger partial charge on any atom is 0.411 e. The van der Waals surface area contributed by atoms with E-state index in [0.29, 0.717) is 28.2 Å². The second-order valence-corrected chi connectivity index (χ2v) is 9.66. The number of anilines is 2. The van der Waals surface area contributed by atoms with Gasteiger partial charge in [0.05, 0.1) is 35.7 Å². The van der Waals surface area contributed by atoms with Crippen molar-refractivity contribution in [3.05, 3.63) is 65.6 Å². The zero-order chi connectivity index (χ0) is 26.2. The zero-order valence-electron chi connectivity index (χ0n) is 20.7. The third kappa shape index (κ3) is 4.91. The van der Waals surface area contributed by atoms with E-state index in [1.54, 1.807) is 39.1 Å². The van der Waals surface area contributed by atoms with Crippen LogP contribution in [0.5, 0.6) is 0 Å². The van der Waals surface area contributed by atoms with Crippen molar-refractivity contribution in [1.29, 1.82) is 0 Å². The fourth-order valence-corrected chi connectivity index (χ4v) is 4.13. The molecule has 2 aliphatic heterocycles. The number of amides is 2. The number of fused-ring (bicyclic) bond motifs is 1. The van der Waals surface area contributed by atoms with Gasteiger partial charge in [0.1, 0.15) is 11.8 Å². The number of nitrogen functional groups attached to an aromatic ring is 1. The highest BCUT2D eigenvalue weighted by Gasteiger charge is 2.37. The van der Waals surface area contributed by atoms with Crippen LogP contribution in [-0.2, 0) is 16.1 Å². The number of aromatic nitrogens is 1. The van der Waals surface area contributed by atoms with Crippen molar-refractivity contribution in [3.63, 3.8) is 0 Å². The summed E-state index contributed by atoms with van der Waals surface area (Å²) in [5.41, 5.74) is 2.58. The molecular weight excluding hydrogens is 462 g/mol. The summed E-state index contributed by atoms with van der Waals surface area (Å²) in [6.45, 7) is 6.61. The van der Waals surface area contributed by atoms with E-state index in [1.165, 1.54) is 16.5 Å². The van der Waals surface area contributed by atoms with Crippen LogP contribution in [0.2, 0.25) is 0 Å². The number of hydrazine groups is 1. The highest BCUT2D eigenvalue weighted by atomic mass is 16.6. The lowest BCUT2D eigenvalue weighted by atomic mass is 10.0. The molecule has 2 aliphatic rings. The van der Waals surface area contributed by atoms with Gasteiger partial charge >= 0.3 is 6.09 Å². The molecule has 0 saturated heterocycles. The number of hydrogen-bond acceptors (Lipinski definition) is 8. The molecule has 1 aromatic carbocycles. The van der Waals surface area contributed by atoms with Gasteiger partial charge < -0.3 is 21.2 Å². The van der Waals surface area contributed by atoms with Crippen LogP contribution in [0.25, 0.3) is 5.57 Å². The van der Waals surface area contributed by atoms with Crippen molar-refractivity contribution in [2.75, 3.05) is 17.7 Å². The monoisotopic (exact) mass is 493 g/mol. The molecule has 0 fully saturated rings. The van der Waals surface area contributed by atoms with Crippen LogP contribution in [0.3, 0.4) is 0 Å². The number of ketones is 1. The molecule has 190 valence electrons. The van der Waals surface area contributed by atoms with E-state index in [0.717, 1.165) is 10.7 Å². The highest BCUT2D eigenvalue weighted by Crippen LogP contribution is 2.38. The quantitative estimate of drug-likeness (QED) is 0.288. The van der Waals surface area contributed by atoms with Crippen molar-refractivity contribution in [3.8, 4) is 0 Å². The Labute approximate surface area is 209 Å². The van der Waals surface area contributed by atoms with E-state index < -0.39 is 17.9 Å². The highest BCUT2D eigenvalue weighted by molar-refractivity contribution is 6.09. The van der Waals surface area contributed by atoms with E-state index >= 15 is 0 Å². The Bertz CT molecular complexity index is 1260. The molecule has 11 heteroatoms. The summed E-state index contributed by atoms with van der Waals surface area (Å²) in [4.78, 5) is 39.3. The molecule has 11 nitrogen and oxygen atoms in total. The van der Waals surface area contributed by atoms with Crippen molar-refractivity contribution in [2.45, 2.75) is 46.0 Å². The van der Waals surface area contributed by atoms with Gasteiger partial charge in [-0.05, 0) is 51.3 Å². The van der Waals surface area contributed by atoms with Crippen LogP contribution >= 0.6 is 0 Å². The number of ether oxygens (including phenoxy) is 1. The molecule has 2 amide bonds. The van der Waals surface area contributed by atoms with Crippen LogP contribution in [0.1, 0.15) is 49.4 Å². The van der Waals surface area contributed by atoms with E-state index in [4.69, 9.17) is 16.4 Å².